The number of ether oxygens (including phenoxy) is 1. The van der Waals surface area contributed by atoms with Gasteiger partial charge in [-0.25, -0.2) is 0 Å². The van der Waals surface area contributed by atoms with Gasteiger partial charge in [-0.2, -0.15) is 0 Å². The van der Waals surface area contributed by atoms with Crippen molar-refractivity contribution < 1.29 is 9.53 Å². The van der Waals surface area contributed by atoms with Gasteiger partial charge in [-0.1, -0.05) is 13.3 Å². The number of benzene rings is 2. The lowest BCUT2D eigenvalue weighted by molar-refractivity contribution is 0.102. The van der Waals surface area contributed by atoms with Crippen LogP contribution >= 0.6 is 0 Å². The highest BCUT2D eigenvalue weighted by molar-refractivity contribution is 6.04. The highest BCUT2D eigenvalue weighted by Gasteiger charge is 2.06. The zero-order valence-electron chi connectivity index (χ0n) is 13.1. The van der Waals surface area contributed by atoms with Crippen molar-refractivity contribution in [2.24, 2.45) is 0 Å². The highest BCUT2D eigenvalue weighted by atomic mass is 16.5. The van der Waals surface area contributed by atoms with Crippen LogP contribution in [0.25, 0.3) is 0 Å². The molecule has 0 aliphatic heterocycles. The lowest BCUT2D eigenvalue weighted by Gasteiger charge is -2.08. The molecule has 2 aromatic carbocycles. The minimum Gasteiger partial charge on any atom is -0.497 e. The Morgan fingerprint density at radius 2 is 1.64 bits per heavy atom. The van der Waals surface area contributed by atoms with Gasteiger partial charge in [0.15, 0.2) is 0 Å². The normalized spacial score (nSPS) is 10.1. The van der Waals surface area contributed by atoms with Gasteiger partial charge < -0.3 is 15.4 Å². The molecule has 0 bridgehead atoms. The summed E-state index contributed by atoms with van der Waals surface area (Å²) >= 11 is 0. The molecule has 4 nitrogen and oxygen atoms in total. The Morgan fingerprint density at radius 3 is 2.23 bits per heavy atom. The van der Waals surface area contributed by atoms with Crippen LogP contribution in [0.5, 0.6) is 5.75 Å². The predicted molar refractivity (Wildman–Crippen MR) is 90.8 cm³/mol. The number of methoxy groups -OCH3 is 1. The lowest BCUT2D eigenvalue weighted by atomic mass is 10.2. The molecule has 0 unspecified atom stereocenters. The molecular weight excluding hydrogens is 276 g/mol. The first-order valence-corrected chi connectivity index (χ1v) is 7.52. The number of nitrogens with one attached hydrogen (secondary N) is 2. The first-order valence-electron chi connectivity index (χ1n) is 7.52. The van der Waals surface area contributed by atoms with Crippen molar-refractivity contribution >= 4 is 17.3 Å². The van der Waals surface area contributed by atoms with Crippen molar-refractivity contribution in [3.63, 3.8) is 0 Å². The Labute approximate surface area is 131 Å². The fourth-order valence-corrected chi connectivity index (χ4v) is 2.03. The average Bonchev–Trinajstić information content (AvgIpc) is 2.57. The molecule has 0 aliphatic rings. The number of anilines is 2. The van der Waals surface area contributed by atoms with Crippen molar-refractivity contribution in [2.45, 2.75) is 19.8 Å². The molecule has 0 radical (unpaired) electrons. The smallest absolute Gasteiger partial charge is 0.255 e. The van der Waals surface area contributed by atoms with E-state index in [1.165, 1.54) is 6.42 Å². The molecule has 0 saturated heterocycles. The molecule has 0 aromatic heterocycles. The van der Waals surface area contributed by atoms with Crippen molar-refractivity contribution in [3.05, 3.63) is 54.1 Å². The minimum atomic E-state index is -0.130. The third-order valence-corrected chi connectivity index (χ3v) is 3.35. The quantitative estimate of drug-likeness (QED) is 0.755. The fourth-order valence-electron chi connectivity index (χ4n) is 2.03. The zero-order chi connectivity index (χ0) is 15.8. The van der Waals surface area contributed by atoms with Crippen LogP contribution in [-0.4, -0.2) is 19.6 Å². The van der Waals surface area contributed by atoms with Crippen LogP contribution < -0.4 is 15.4 Å². The van der Waals surface area contributed by atoms with Gasteiger partial charge in [0, 0.05) is 23.5 Å². The highest BCUT2D eigenvalue weighted by Crippen LogP contribution is 2.16. The van der Waals surface area contributed by atoms with Crippen LogP contribution in [0.4, 0.5) is 11.4 Å². The van der Waals surface area contributed by atoms with Gasteiger partial charge in [0.2, 0.25) is 0 Å². The summed E-state index contributed by atoms with van der Waals surface area (Å²) in [5.74, 6) is 0.605. The van der Waals surface area contributed by atoms with Crippen LogP contribution in [0, 0.1) is 0 Å². The molecular formula is C18H22N2O2. The number of rotatable bonds is 7. The number of unbranched alkanes of at least 4 members (excludes halogenated alkanes) is 1. The first-order chi connectivity index (χ1) is 10.7. The molecule has 0 fully saturated rings. The van der Waals surface area contributed by atoms with E-state index in [0.717, 1.165) is 30.1 Å². The van der Waals surface area contributed by atoms with Crippen LogP contribution in [-0.2, 0) is 0 Å². The molecule has 0 heterocycles. The van der Waals surface area contributed by atoms with Crippen molar-refractivity contribution in [3.8, 4) is 5.75 Å². The van der Waals surface area contributed by atoms with Crippen molar-refractivity contribution in [1.82, 2.24) is 0 Å². The van der Waals surface area contributed by atoms with E-state index >= 15 is 0 Å². The van der Waals surface area contributed by atoms with Crippen LogP contribution in [0.1, 0.15) is 30.1 Å². The molecule has 1 amide bonds. The third-order valence-electron chi connectivity index (χ3n) is 3.35. The SMILES string of the molecule is CCCCNc1ccc(NC(=O)c2ccc(OC)cc2)cc1. The molecule has 4 heteroatoms. The average molecular weight is 298 g/mol. The topological polar surface area (TPSA) is 50.4 Å². The third kappa shape index (κ3) is 4.52. The Bertz CT molecular complexity index is 591. The second kappa shape index (κ2) is 8.08. The summed E-state index contributed by atoms with van der Waals surface area (Å²) in [4.78, 5) is 12.1. The van der Waals surface area contributed by atoms with E-state index < -0.39 is 0 Å². The van der Waals surface area contributed by atoms with E-state index in [4.69, 9.17) is 4.74 Å². The maximum Gasteiger partial charge on any atom is 0.255 e. The number of hydrogen-bond acceptors (Lipinski definition) is 3. The predicted octanol–water partition coefficient (Wildman–Crippen LogP) is 4.16. The molecule has 22 heavy (non-hydrogen) atoms. The maximum atomic E-state index is 12.1. The molecule has 0 atom stereocenters. The standard InChI is InChI=1S/C18H22N2O2/c1-3-4-13-19-15-7-9-16(10-8-15)20-18(21)14-5-11-17(22-2)12-6-14/h5-12,19H,3-4,13H2,1-2H3,(H,20,21). The van der Waals surface area contributed by atoms with E-state index in [2.05, 4.69) is 17.6 Å². The van der Waals surface area contributed by atoms with Crippen molar-refractivity contribution in [2.75, 3.05) is 24.3 Å². The van der Waals surface area contributed by atoms with E-state index in [0.29, 0.717) is 5.56 Å². The largest absolute Gasteiger partial charge is 0.497 e. The number of carbonyl (C=O) groups is 1. The number of amides is 1. The Kier molecular flexibility index (Phi) is 5.83. The van der Waals surface area contributed by atoms with Crippen LogP contribution in [0.3, 0.4) is 0 Å². The van der Waals surface area contributed by atoms with E-state index in [-0.39, 0.29) is 5.91 Å². The molecule has 2 N–H and O–H groups in total. The van der Waals surface area contributed by atoms with Gasteiger partial charge in [0.25, 0.3) is 5.91 Å². The summed E-state index contributed by atoms with van der Waals surface area (Å²) in [5.41, 5.74) is 2.45. The van der Waals surface area contributed by atoms with Crippen LogP contribution in [0.15, 0.2) is 48.5 Å². The summed E-state index contributed by atoms with van der Waals surface area (Å²) in [6.07, 6.45) is 2.32. The molecule has 0 saturated carbocycles. The second-order valence-corrected chi connectivity index (χ2v) is 5.04. The van der Waals surface area contributed by atoms with Gasteiger partial charge in [-0.05, 0) is 55.0 Å². The maximum absolute atomic E-state index is 12.1. The Morgan fingerprint density at radius 1 is 1.00 bits per heavy atom. The fraction of sp³-hybridized carbons (Fsp3) is 0.278. The molecule has 0 aliphatic carbocycles. The molecule has 2 rings (SSSR count). The summed E-state index contributed by atoms with van der Waals surface area (Å²) in [7, 11) is 1.60. The lowest BCUT2D eigenvalue weighted by Crippen LogP contribution is -2.11. The van der Waals surface area contributed by atoms with Gasteiger partial charge in [0.05, 0.1) is 7.11 Å². The molecule has 0 spiro atoms. The summed E-state index contributed by atoms with van der Waals surface area (Å²) in [5, 5.41) is 6.23. The first kappa shape index (κ1) is 15.9. The Hall–Kier alpha value is -2.49. The van der Waals surface area contributed by atoms with Gasteiger partial charge in [-0.15, -0.1) is 0 Å². The molecule has 116 valence electrons. The van der Waals surface area contributed by atoms with Gasteiger partial charge in [-0.3, -0.25) is 4.79 Å². The van der Waals surface area contributed by atoms with Crippen LogP contribution in [0.2, 0.25) is 0 Å². The monoisotopic (exact) mass is 298 g/mol. The van der Waals surface area contributed by atoms with Gasteiger partial charge in [0.1, 0.15) is 5.75 Å². The number of carbonyl (C=O) groups excluding carboxylic acids is 1. The second-order valence-electron chi connectivity index (χ2n) is 5.04. The van der Waals surface area contributed by atoms with E-state index in [9.17, 15) is 4.79 Å². The number of hydrogen-bond donors (Lipinski definition) is 2. The summed E-state index contributed by atoms with van der Waals surface area (Å²) in [6, 6.07) is 14.8. The van der Waals surface area contributed by atoms with E-state index in [1.807, 2.05) is 24.3 Å². The summed E-state index contributed by atoms with van der Waals surface area (Å²) in [6.45, 7) is 3.13. The van der Waals surface area contributed by atoms with E-state index in [1.54, 1.807) is 31.4 Å². The zero-order valence-corrected chi connectivity index (χ0v) is 13.1. The van der Waals surface area contributed by atoms with Gasteiger partial charge >= 0.3 is 0 Å². The molecule has 2 aromatic rings. The Balaban J connectivity index is 1.93. The summed E-state index contributed by atoms with van der Waals surface area (Å²) < 4.78 is 5.08. The van der Waals surface area contributed by atoms with Crippen molar-refractivity contribution in [1.29, 1.82) is 0 Å². The minimum absolute atomic E-state index is 0.130.